The maximum absolute atomic E-state index is 4.80. The second kappa shape index (κ2) is 9.29. The zero-order valence-electron chi connectivity index (χ0n) is 23.1. The summed E-state index contributed by atoms with van der Waals surface area (Å²) in [6.07, 6.45) is 6.14. The number of nitrogens with zero attached hydrogens (tertiary/aromatic N) is 4. The van der Waals surface area contributed by atoms with Crippen molar-refractivity contribution in [1.29, 1.82) is 0 Å². The van der Waals surface area contributed by atoms with E-state index in [1.807, 2.05) is 12.7 Å². The third kappa shape index (κ3) is 4.01. The summed E-state index contributed by atoms with van der Waals surface area (Å²) in [5.74, 6) is 0. The summed E-state index contributed by atoms with van der Waals surface area (Å²) in [7, 11) is 0. The minimum Gasteiger partial charge on any atom is -0.299 e. The first-order valence-electron chi connectivity index (χ1n) is 13.5. The summed E-state index contributed by atoms with van der Waals surface area (Å²) >= 11 is 0. The Morgan fingerprint density at radius 1 is 0.632 bits per heavy atom. The Morgan fingerprint density at radius 2 is 1.29 bits per heavy atom. The van der Waals surface area contributed by atoms with Gasteiger partial charge in [0.1, 0.15) is 12.7 Å². The van der Waals surface area contributed by atoms with E-state index in [0.717, 1.165) is 34.9 Å². The standard InChI is InChI=1S/C34H34N4/c1-7-8-26-9-11-31-29(17-26)35-19-37(31)33-16-22(3)28(15-23(33)4)27-10-12-32-30(18-27)36-20-38(32)34-24(5)13-21(2)14-25(34)6/h9-20H,7-8H2,1-6H3. The van der Waals surface area contributed by atoms with Gasteiger partial charge in [-0.2, -0.15) is 0 Å². The van der Waals surface area contributed by atoms with Gasteiger partial charge in [0.05, 0.1) is 33.4 Å². The molecule has 0 radical (unpaired) electrons. The summed E-state index contributed by atoms with van der Waals surface area (Å²) in [6.45, 7) is 13.1. The minimum absolute atomic E-state index is 1.01. The van der Waals surface area contributed by atoms with Crippen LogP contribution in [0.2, 0.25) is 0 Å². The van der Waals surface area contributed by atoms with Crippen LogP contribution >= 0.6 is 0 Å². The van der Waals surface area contributed by atoms with Gasteiger partial charge in [0.15, 0.2) is 0 Å². The molecule has 0 N–H and O–H groups in total. The Morgan fingerprint density at radius 3 is 2.03 bits per heavy atom. The van der Waals surface area contributed by atoms with Crippen molar-refractivity contribution >= 4 is 22.1 Å². The molecule has 0 fully saturated rings. The van der Waals surface area contributed by atoms with Crippen molar-refractivity contribution in [2.75, 3.05) is 0 Å². The molecule has 0 aliphatic rings. The van der Waals surface area contributed by atoms with Crippen LogP contribution in [0.5, 0.6) is 0 Å². The largest absolute Gasteiger partial charge is 0.299 e. The summed E-state index contributed by atoms with van der Waals surface area (Å²) in [5.41, 5.74) is 16.8. The van der Waals surface area contributed by atoms with Crippen LogP contribution < -0.4 is 0 Å². The third-order valence-electron chi connectivity index (χ3n) is 7.69. The Bertz CT molecular complexity index is 1810. The number of hydrogen-bond donors (Lipinski definition) is 0. The van der Waals surface area contributed by atoms with Gasteiger partial charge in [-0.15, -0.1) is 0 Å². The molecular formula is C34H34N4. The Hall–Kier alpha value is -4.18. The van der Waals surface area contributed by atoms with Gasteiger partial charge in [0.25, 0.3) is 0 Å². The molecule has 6 aromatic rings. The van der Waals surface area contributed by atoms with E-state index in [-0.39, 0.29) is 0 Å². The smallest absolute Gasteiger partial charge is 0.100 e. The monoisotopic (exact) mass is 498 g/mol. The molecule has 0 atom stereocenters. The molecule has 6 rings (SSSR count). The molecule has 4 aromatic carbocycles. The Labute approximate surface area is 224 Å². The fraction of sp³-hybridized carbons (Fsp3) is 0.235. The van der Waals surface area contributed by atoms with Crippen molar-refractivity contribution in [1.82, 2.24) is 19.1 Å². The highest BCUT2D eigenvalue weighted by Crippen LogP contribution is 2.33. The average molecular weight is 499 g/mol. The third-order valence-corrected chi connectivity index (χ3v) is 7.69. The Balaban J connectivity index is 1.40. The molecule has 0 saturated carbocycles. The normalized spacial score (nSPS) is 11.6. The van der Waals surface area contributed by atoms with Crippen molar-refractivity contribution in [3.8, 4) is 22.5 Å². The first-order valence-corrected chi connectivity index (χ1v) is 13.5. The average Bonchev–Trinajstić information content (AvgIpc) is 3.48. The number of benzene rings is 4. The lowest BCUT2D eigenvalue weighted by atomic mass is 9.96. The predicted octanol–water partition coefficient (Wildman–Crippen LogP) is 8.53. The van der Waals surface area contributed by atoms with Crippen molar-refractivity contribution in [3.05, 3.63) is 107 Å². The van der Waals surface area contributed by atoms with Crippen LogP contribution in [0.1, 0.15) is 46.7 Å². The molecule has 0 spiro atoms. The molecule has 0 aliphatic carbocycles. The van der Waals surface area contributed by atoms with Gasteiger partial charge in [0.2, 0.25) is 0 Å². The van der Waals surface area contributed by atoms with E-state index in [9.17, 15) is 0 Å². The zero-order chi connectivity index (χ0) is 26.6. The number of aryl methyl sites for hydroxylation is 6. The number of rotatable bonds is 5. The van der Waals surface area contributed by atoms with Crippen LogP contribution in [0.25, 0.3) is 44.6 Å². The first kappa shape index (κ1) is 24.2. The molecule has 2 aromatic heterocycles. The van der Waals surface area contributed by atoms with Crippen LogP contribution in [0, 0.1) is 34.6 Å². The van der Waals surface area contributed by atoms with E-state index < -0.39 is 0 Å². The maximum atomic E-state index is 4.80. The van der Waals surface area contributed by atoms with Crippen LogP contribution in [0.3, 0.4) is 0 Å². The number of aromatic nitrogens is 4. The summed E-state index contributed by atoms with van der Waals surface area (Å²) in [4.78, 5) is 9.52. The molecule has 0 amide bonds. The van der Waals surface area contributed by atoms with Gasteiger partial charge in [-0.05, 0) is 116 Å². The molecular weight excluding hydrogens is 464 g/mol. The lowest BCUT2D eigenvalue weighted by Crippen LogP contribution is -2.00. The zero-order valence-corrected chi connectivity index (χ0v) is 23.1. The molecule has 0 unspecified atom stereocenters. The first-order chi connectivity index (χ1) is 18.3. The van der Waals surface area contributed by atoms with E-state index in [1.54, 1.807) is 0 Å². The number of imidazole rings is 2. The second-order valence-electron chi connectivity index (χ2n) is 10.7. The molecule has 4 heteroatoms. The minimum atomic E-state index is 1.01. The Kier molecular flexibility index (Phi) is 5.91. The quantitative estimate of drug-likeness (QED) is 0.239. The fourth-order valence-electron chi connectivity index (χ4n) is 5.98. The van der Waals surface area contributed by atoms with Crippen LogP contribution in [0.15, 0.2) is 73.3 Å². The highest BCUT2D eigenvalue weighted by atomic mass is 15.1. The fourth-order valence-corrected chi connectivity index (χ4v) is 5.98. The highest BCUT2D eigenvalue weighted by Gasteiger charge is 2.14. The van der Waals surface area contributed by atoms with Gasteiger partial charge in [-0.1, -0.05) is 43.2 Å². The summed E-state index contributed by atoms with van der Waals surface area (Å²) in [6, 6.07) is 22.4. The molecule has 4 nitrogen and oxygen atoms in total. The van der Waals surface area contributed by atoms with E-state index in [4.69, 9.17) is 9.97 Å². The molecule has 0 saturated heterocycles. The lowest BCUT2D eigenvalue weighted by Gasteiger charge is -2.15. The van der Waals surface area contributed by atoms with Crippen LogP contribution in [-0.2, 0) is 6.42 Å². The molecule has 0 bridgehead atoms. The van der Waals surface area contributed by atoms with E-state index in [1.165, 1.54) is 55.9 Å². The summed E-state index contributed by atoms with van der Waals surface area (Å²) < 4.78 is 4.44. The maximum Gasteiger partial charge on any atom is 0.100 e. The topological polar surface area (TPSA) is 35.6 Å². The van der Waals surface area contributed by atoms with Crippen LogP contribution in [-0.4, -0.2) is 19.1 Å². The van der Waals surface area contributed by atoms with E-state index >= 15 is 0 Å². The van der Waals surface area contributed by atoms with Crippen molar-refractivity contribution in [2.24, 2.45) is 0 Å². The molecule has 190 valence electrons. The van der Waals surface area contributed by atoms with Gasteiger partial charge in [-0.25, -0.2) is 9.97 Å². The summed E-state index contributed by atoms with van der Waals surface area (Å²) in [5, 5.41) is 0. The molecule has 2 heterocycles. The second-order valence-corrected chi connectivity index (χ2v) is 10.7. The van der Waals surface area contributed by atoms with E-state index in [2.05, 4.69) is 111 Å². The van der Waals surface area contributed by atoms with E-state index in [0.29, 0.717) is 0 Å². The van der Waals surface area contributed by atoms with Gasteiger partial charge < -0.3 is 0 Å². The van der Waals surface area contributed by atoms with Gasteiger partial charge in [-0.3, -0.25) is 9.13 Å². The van der Waals surface area contributed by atoms with Gasteiger partial charge in [0, 0.05) is 0 Å². The SMILES string of the molecule is CCCc1ccc2c(c1)ncn2-c1cc(C)c(-c2ccc3c(c2)ncn3-c2c(C)cc(C)cc2C)cc1C. The number of fused-ring (bicyclic) bond motifs is 2. The molecule has 0 aliphatic heterocycles. The van der Waals surface area contributed by atoms with Crippen molar-refractivity contribution < 1.29 is 0 Å². The number of hydrogen-bond acceptors (Lipinski definition) is 2. The predicted molar refractivity (Wildman–Crippen MR) is 159 cm³/mol. The van der Waals surface area contributed by atoms with Gasteiger partial charge >= 0.3 is 0 Å². The van der Waals surface area contributed by atoms with Crippen molar-refractivity contribution in [3.63, 3.8) is 0 Å². The van der Waals surface area contributed by atoms with Crippen molar-refractivity contribution in [2.45, 2.75) is 54.4 Å². The van der Waals surface area contributed by atoms with Crippen LogP contribution in [0.4, 0.5) is 0 Å². The molecule has 38 heavy (non-hydrogen) atoms. The highest BCUT2D eigenvalue weighted by molar-refractivity contribution is 5.85. The lowest BCUT2D eigenvalue weighted by molar-refractivity contribution is 0.923.